The fraction of sp³-hybridized carbons (Fsp3) is 0.594. The van der Waals surface area contributed by atoms with E-state index in [1.165, 1.54) is 12.5 Å². The van der Waals surface area contributed by atoms with Gasteiger partial charge >= 0.3 is 11.9 Å². The Kier molecular flexibility index (Phi) is 19.9. The number of ether oxygens (including phenoxy) is 1. The number of aromatic amines is 1. The maximum absolute atomic E-state index is 13.9. The zero-order chi connectivity index (χ0) is 45.3. The summed E-state index contributed by atoms with van der Waals surface area (Å²) in [6.07, 6.45) is -7.66. The lowest BCUT2D eigenvalue weighted by atomic mass is 9.95. The van der Waals surface area contributed by atoms with E-state index in [1.807, 2.05) is 5.32 Å². The molecule has 60 heavy (non-hydrogen) atoms. The molecule has 28 heteroatoms. The molecule has 1 saturated heterocycles. The van der Waals surface area contributed by atoms with Crippen LogP contribution in [0.5, 0.6) is 0 Å². The number of carbonyl (C=O) groups is 10. The Balaban J connectivity index is 2.45. The number of imidazole rings is 1. The molecular weight excluding hydrogens is 810 g/mol. The predicted molar refractivity (Wildman–Crippen MR) is 195 cm³/mol. The smallest absolute Gasteiger partial charge is 0.326 e. The summed E-state index contributed by atoms with van der Waals surface area (Å²) in [4.78, 5) is 132. The average molecular weight is 860 g/mol. The molecule has 8 amide bonds. The minimum atomic E-state index is -2.00. The van der Waals surface area contributed by atoms with Gasteiger partial charge in [-0.15, -0.1) is 0 Å². The Bertz CT molecular complexity index is 1710. The van der Waals surface area contributed by atoms with Crippen molar-refractivity contribution in [3.63, 3.8) is 0 Å². The van der Waals surface area contributed by atoms with Gasteiger partial charge < -0.3 is 89.0 Å². The molecule has 0 unspecified atom stereocenters. The second-order valence-corrected chi connectivity index (χ2v) is 13.3. The number of aliphatic hydroxyl groups excluding tert-OH is 4. The first-order chi connectivity index (χ1) is 28.2. The van der Waals surface area contributed by atoms with E-state index in [0.29, 0.717) is 0 Å². The standard InChI is InChI=1S/C32H49N11O17/c1-12(46)38-24-26(53)25(52)19(10-45)60-31(24)43-21(48)5-17(42-29(56)16(4-13-7-35-11-37-13)41-27(54)14(33)9-44)30(57)40-15(2-3-20(34)47)28(55)36-8-22(49)39-18(32(58)59)6-23(50)51/h7,11,14-19,24-26,31,44-45,52-53H,2-6,8-10,33H2,1H3,(H2,34,47)(H,35,37)(H,36,55)(H,38,46)(H,39,49)(H,40,57)(H,41,54)(H,42,56)(H,43,48)(H,50,51)(H,58,59)/t14-,15-,16-,17-,18-,19+,24+,25+,26+,31+/m0/s1. The van der Waals surface area contributed by atoms with Crippen molar-refractivity contribution in [2.75, 3.05) is 19.8 Å². The predicted octanol–water partition coefficient (Wildman–Crippen LogP) is -9.40. The summed E-state index contributed by atoms with van der Waals surface area (Å²) in [6, 6.07) is -10.3. The first-order valence-electron chi connectivity index (χ1n) is 17.9. The molecule has 1 aromatic rings. The number of carboxylic acid groups (broad SMARTS) is 2. The largest absolute Gasteiger partial charge is 0.481 e. The summed E-state index contributed by atoms with van der Waals surface area (Å²) in [5, 5.41) is 73.3. The number of rotatable bonds is 24. The van der Waals surface area contributed by atoms with Crippen LogP contribution in [-0.4, -0.2) is 180 Å². The normalized spacial score (nSPS) is 21.0. The molecule has 2 rings (SSSR count). The van der Waals surface area contributed by atoms with Gasteiger partial charge in [-0.05, 0) is 6.42 Å². The number of H-pyrrole nitrogens is 1. The highest BCUT2D eigenvalue weighted by atomic mass is 16.5. The molecule has 1 aliphatic heterocycles. The summed E-state index contributed by atoms with van der Waals surface area (Å²) >= 11 is 0. The molecule has 0 radical (unpaired) electrons. The lowest BCUT2D eigenvalue weighted by Gasteiger charge is -2.42. The van der Waals surface area contributed by atoms with Crippen molar-refractivity contribution in [3.05, 3.63) is 18.2 Å². The molecule has 0 saturated carbocycles. The summed E-state index contributed by atoms with van der Waals surface area (Å²) in [5.41, 5.74) is 11.1. The highest BCUT2D eigenvalue weighted by Gasteiger charge is 2.45. The summed E-state index contributed by atoms with van der Waals surface area (Å²) in [7, 11) is 0. The minimum absolute atomic E-state index is 0.272. The van der Waals surface area contributed by atoms with Crippen LogP contribution >= 0.6 is 0 Å². The van der Waals surface area contributed by atoms with Crippen LogP contribution in [0.3, 0.4) is 0 Å². The zero-order valence-electron chi connectivity index (χ0n) is 31.9. The fourth-order valence-electron chi connectivity index (χ4n) is 5.45. The van der Waals surface area contributed by atoms with E-state index >= 15 is 0 Å². The molecule has 0 bridgehead atoms. The van der Waals surface area contributed by atoms with Crippen molar-refractivity contribution in [2.24, 2.45) is 11.5 Å². The van der Waals surface area contributed by atoms with Gasteiger partial charge in [0.1, 0.15) is 54.6 Å². The number of carboxylic acids is 2. The molecule has 1 aromatic heterocycles. The van der Waals surface area contributed by atoms with E-state index in [0.717, 1.165) is 6.92 Å². The maximum atomic E-state index is 13.9. The highest BCUT2D eigenvalue weighted by Crippen LogP contribution is 2.20. The van der Waals surface area contributed by atoms with Gasteiger partial charge in [-0.3, -0.25) is 43.2 Å². The van der Waals surface area contributed by atoms with Crippen LogP contribution in [0.15, 0.2) is 12.5 Å². The second kappa shape index (κ2) is 23.9. The lowest BCUT2D eigenvalue weighted by molar-refractivity contribution is -0.203. The van der Waals surface area contributed by atoms with Crippen molar-refractivity contribution in [2.45, 2.75) is 99.8 Å². The molecular formula is C32H49N11O17. The molecule has 10 atom stereocenters. The number of nitrogens with zero attached hydrogens (tertiary/aromatic N) is 1. The molecule has 28 nitrogen and oxygen atoms in total. The van der Waals surface area contributed by atoms with E-state index in [9.17, 15) is 73.5 Å². The van der Waals surface area contributed by atoms with E-state index in [-0.39, 0.29) is 12.1 Å². The van der Waals surface area contributed by atoms with Gasteiger partial charge in [0.05, 0.1) is 38.9 Å². The van der Waals surface area contributed by atoms with Crippen molar-refractivity contribution in [1.29, 1.82) is 0 Å². The number of nitrogens with two attached hydrogens (primary N) is 2. The van der Waals surface area contributed by atoms with Gasteiger partial charge in [0.2, 0.25) is 47.3 Å². The Morgan fingerprint density at radius 3 is 2.00 bits per heavy atom. The second-order valence-electron chi connectivity index (χ2n) is 13.3. The average Bonchev–Trinajstić information content (AvgIpc) is 3.69. The molecule has 18 N–H and O–H groups in total. The van der Waals surface area contributed by atoms with Crippen molar-refractivity contribution >= 4 is 59.2 Å². The first-order valence-corrected chi connectivity index (χ1v) is 17.9. The third-order valence-corrected chi connectivity index (χ3v) is 8.51. The van der Waals surface area contributed by atoms with Crippen LogP contribution in [0, 0.1) is 0 Å². The molecule has 0 spiro atoms. The zero-order valence-corrected chi connectivity index (χ0v) is 31.9. The number of aromatic nitrogens is 2. The number of aliphatic carboxylic acids is 2. The number of hydrogen-bond donors (Lipinski definition) is 16. The molecule has 334 valence electrons. The Labute approximate surface area is 338 Å². The fourth-order valence-corrected chi connectivity index (χ4v) is 5.45. The first kappa shape index (κ1) is 49.8. The molecule has 2 heterocycles. The number of amides is 8. The Hall–Kier alpha value is -6.33. The third kappa shape index (κ3) is 16.1. The topological polar surface area (TPSA) is 466 Å². The number of nitrogens with one attached hydrogen (secondary N) is 8. The molecule has 0 aromatic carbocycles. The van der Waals surface area contributed by atoms with Crippen molar-refractivity contribution in [1.82, 2.24) is 47.2 Å². The monoisotopic (exact) mass is 859 g/mol. The van der Waals surface area contributed by atoms with Gasteiger partial charge in [-0.25, -0.2) is 9.78 Å². The van der Waals surface area contributed by atoms with Crippen LogP contribution in [0.4, 0.5) is 0 Å². The van der Waals surface area contributed by atoms with Crippen LogP contribution in [-0.2, 0) is 59.1 Å². The van der Waals surface area contributed by atoms with Gasteiger partial charge in [0.25, 0.3) is 0 Å². The van der Waals surface area contributed by atoms with E-state index < -0.39 is 165 Å². The van der Waals surface area contributed by atoms with E-state index in [1.54, 1.807) is 0 Å². The molecule has 1 aliphatic rings. The van der Waals surface area contributed by atoms with Crippen molar-refractivity contribution < 1.29 is 83.3 Å². The summed E-state index contributed by atoms with van der Waals surface area (Å²) in [6.45, 7) is -1.62. The number of primary amides is 1. The van der Waals surface area contributed by atoms with Crippen LogP contribution in [0.2, 0.25) is 0 Å². The van der Waals surface area contributed by atoms with Crippen LogP contribution < -0.4 is 48.7 Å². The number of hydrogen-bond acceptors (Lipinski definition) is 17. The highest BCUT2D eigenvalue weighted by molar-refractivity contribution is 5.98. The van der Waals surface area contributed by atoms with Crippen LogP contribution in [0.1, 0.15) is 38.3 Å². The van der Waals surface area contributed by atoms with Crippen LogP contribution in [0.25, 0.3) is 0 Å². The quantitative estimate of drug-likeness (QED) is 0.0459. The number of carbonyl (C=O) groups excluding carboxylic acids is 8. The molecule has 0 aliphatic carbocycles. The van der Waals surface area contributed by atoms with E-state index in [2.05, 4.69) is 41.9 Å². The SMILES string of the molecule is CC(=O)N[C@@H]1[C@@H](O)[C@H](O)[C@@H](CO)O[C@H]1NC(=O)C[C@H](NC(=O)[C@H](Cc1cnc[nH]1)NC(=O)[C@@H](N)CO)C(=O)N[C@@H](CCC(N)=O)C(=O)NCC(=O)N[C@@H](CC(=O)O)C(=O)O. The maximum Gasteiger partial charge on any atom is 0.326 e. The minimum Gasteiger partial charge on any atom is -0.481 e. The summed E-state index contributed by atoms with van der Waals surface area (Å²) < 4.78 is 5.48. The lowest BCUT2D eigenvalue weighted by Crippen LogP contribution is -2.68. The van der Waals surface area contributed by atoms with Gasteiger partial charge in [0.15, 0.2) is 6.23 Å². The van der Waals surface area contributed by atoms with Gasteiger partial charge in [-0.1, -0.05) is 0 Å². The van der Waals surface area contributed by atoms with E-state index in [4.69, 9.17) is 21.3 Å². The Morgan fingerprint density at radius 1 is 0.817 bits per heavy atom. The van der Waals surface area contributed by atoms with Crippen molar-refractivity contribution in [3.8, 4) is 0 Å². The van der Waals surface area contributed by atoms with Gasteiger partial charge in [-0.2, -0.15) is 0 Å². The van der Waals surface area contributed by atoms with Gasteiger partial charge in [0, 0.05) is 31.7 Å². The summed E-state index contributed by atoms with van der Waals surface area (Å²) in [5.74, 6) is -12.0. The Morgan fingerprint density at radius 2 is 1.45 bits per heavy atom. The molecule has 1 fully saturated rings. The number of aliphatic hydroxyl groups is 4. The third-order valence-electron chi connectivity index (χ3n) is 8.51.